The van der Waals surface area contributed by atoms with Crippen LogP contribution >= 0.6 is 0 Å². The molecule has 0 saturated heterocycles. The summed E-state index contributed by atoms with van der Waals surface area (Å²) in [5.74, 6) is -0.0112. The molecule has 32 heavy (non-hydrogen) atoms. The maximum absolute atomic E-state index is 12.2. The number of hydrogen-bond donors (Lipinski definition) is 3. The number of amides is 1. The Balaban J connectivity index is 1.46. The molecular weight excluding hydrogens is 408 g/mol. The van der Waals surface area contributed by atoms with Gasteiger partial charge < -0.3 is 5.32 Å². The normalized spacial score (nSPS) is 10.5. The Bertz CT molecular complexity index is 1280. The third-order valence-electron chi connectivity index (χ3n) is 4.73. The molecule has 0 radical (unpaired) electrons. The third kappa shape index (κ3) is 4.78. The lowest BCUT2D eigenvalue weighted by atomic mass is 10.0. The fourth-order valence-corrected chi connectivity index (χ4v) is 3.15. The average Bonchev–Trinajstić information content (AvgIpc) is 2.81. The molecule has 9 nitrogen and oxygen atoms in total. The number of non-ortho nitro benzene ring substituents is 1. The molecule has 0 aliphatic carbocycles. The molecule has 4 rings (SSSR count). The van der Waals surface area contributed by atoms with Crippen LogP contribution in [0.1, 0.15) is 5.56 Å². The number of nitrogens with one attached hydrogen (secondary N) is 3. The Morgan fingerprint density at radius 1 is 1.00 bits per heavy atom. The molecule has 9 heteroatoms. The predicted molar refractivity (Wildman–Crippen MR) is 123 cm³/mol. The third-order valence-corrected chi connectivity index (χ3v) is 4.73. The minimum atomic E-state index is -0.485. The average molecular weight is 428 g/mol. The smallest absolute Gasteiger partial charge is 0.269 e. The summed E-state index contributed by atoms with van der Waals surface area (Å²) >= 11 is 0. The van der Waals surface area contributed by atoms with E-state index in [4.69, 9.17) is 0 Å². The molecule has 1 heterocycles. The molecule has 0 saturated carbocycles. The monoisotopic (exact) mass is 428 g/mol. The van der Waals surface area contributed by atoms with Crippen molar-refractivity contribution in [1.29, 1.82) is 0 Å². The number of anilines is 2. The molecule has 3 aromatic carbocycles. The van der Waals surface area contributed by atoms with Crippen molar-refractivity contribution in [2.75, 3.05) is 17.3 Å². The highest BCUT2D eigenvalue weighted by atomic mass is 16.6. The Kier molecular flexibility index (Phi) is 5.89. The van der Waals surface area contributed by atoms with Crippen molar-refractivity contribution in [3.8, 4) is 11.3 Å². The summed E-state index contributed by atoms with van der Waals surface area (Å²) < 4.78 is 0. The lowest BCUT2D eigenvalue weighted by molar-refractivity contribution is -0.384. The van der Waals surface area contributed by atoms with E-state index in [0.717, 1.165) is 27.7 Å². The summed E-state index contributed by atoms with van der Waals surface area (Å²) in [5, 5.41) is 14.6. The molecule has 0 bridgehead atoms. The molecule has 1 aromatic heterocycles. The second-order valence-corrected chi connectivity index (χ2v) is 7.11. The SMILES string of the molecule is Cc1ccc2nc(NCC(=O)NNc3ccc([N+](=O)[O-])cc3)nc(-c3ccccc3)c2c1. The number of nitro benzene ring substituents is 1. The highest BCUT2D eigenvalue weighted by molar-refractivity contribution is 5.93. The minimum Gasteiger partial charge on any atom is -0.345 e. The van der Waals surface area contributed by atoms with Crippen LogP contribution in [0.2, 0.25) is 0 Å². The number of aryl methyl sites for hydroxylation is 1. The highest BCUT2D eigenvalue weighted by Gasteiger charge is 2.11. The number of nitro groups is 1. The number of carbonyl (C=O) groups is 1. The lowest BCUT2D eigenvalue weighted by Gasteiger charge is -2.12. The summed E-state index contributed by atoms with van der Waals surface area (Å²) in [6.07, 6.45) is 0. The van der Waals surface area contributed by atoms with Gasteiger partial charge in [-0.05, 0) is 31.2 Å². The number of hydrogen-bond acceptors (Lipinski definition) is 7. The molecule has 0 spiro atoms. The van der Waals surface area contributed by atoms with Crippen LogP contribution in [0.4, 0.5) is 17.3 Å². The van der Waals surface area contributed by atoms with Crippen LogP contribution < -0.4 is 16.2 Å². The predicted octanol–water partition coefficient (Wildman–Crippen LogP) is 4.07. The first-order chi connectivity index (χ1) is 15.5. The fraction of sp³-hybridized carbons (Fsp3) is 0.0870. The zero-order valence-electron chi connectivity index (χ0n) is 17.2. The zero-order valence-corrected chi connectivity index (χ0v) is 17.2. The van der Waals surface area contributed by atoms with Crippen molar-refractivity contribution in [2.24, 2.45) is 0 Å². The van der Waals surface area contributed by atoms with Gasteiger partial charge in [0.05, 0.1) is 28.4 Å². The number of carbonyl (C=O) groups excluding carboxylic acids is 1. The van der Waals surface area contributed by atoms with Crippen LogP contribution in [0.25, 0.3) is 22.2 Å². The second-order valence-electron chi connectivity index (χ2n) is 7.11. The maximum Gasteiger partial charge on any atom is 0.269 e. The first-order valence-electron chi connectivity index (χ1n) is 9.86. The van der Waals surface area contributed by atoms with Gasteiger partial charge in [0.25, 0.3) is 11.6 Å². The quantitative estimate of drug-likeness (QED) is 0.300. The van der Waals surface area contributed by atoms with Crippen molar-refractivity contribution >= 4 is 34.1 Å². The Hall–Kier alpha value is -4.53. The topological polar surface area (TPSA) is 122 Å². The van der Waals surface area contributed by atoms with Gasteiger partial charge in [-0.2, -0.15) is 0 Å². The standard InChI is InChI=1S/C23H20N6O3/c1-15-7-12-20-19(13-15)22(16-5-3-2-4-6-16)26-23(25-20)24-14-21(30)28-27-17-8-10-18(11-9-17)29(31)32/h2-13,27H,14H2,1H3,(H,28,30)(H,24,25,26). The van der Waals surface area contributed by atoms with E-state index >= 15 is 0 Å². The molecule has 0 fully saturated rings. The van der Waals surface area contributed by atoms with Gasteiger partial charge in [-0.1, -0.05) is 42.0 Å². The van der Waals surface area contributed by atoms with Crippen LogP contribution in [0.5, 0.6) is 0 Å². The zero-order chi connectivity index (χ0) is 22.5. The number of rotatable bonds is 7. The van der Waals surface area contributed by atoms with Crippen LogP contribution in [0.3, 0.4) is 0 Å². The first kappa shape index (κ1) is 20.7. The summed E-state index contributed by atoms with van der Waals surface area (Å²) in [5.41, 5.74) is 9.36. The number of hydrazine groups is 1. The van der Waals surface area contributed by atoms with Gasteiger partial charge >= 0.3 is 0 Å². The van der Waals surface area contributed by atoms with Crippen molar-refractivity contribution < 1.29 is 9.72 Å². The highest BCUT2D eigenvalue weighted by Crippen LogP contribution is 2.28. The summed E-state index contributed by atoms with van der Waals surface area (Å²) in [4.78, 5) is 31.6. The molecule has 0 unspecified atom stereocenters. The number of nitrogens with zero attached hydrogens (tertiary/aromatic N) is 3. The van der Waals surface area contributed by atoms with E-state index in [1.54, 1.807) is 0 Å². The molecular formula is C23H20N6O3. The van der Waals surface area contributed by atoms with Crippen molar-refractivity contribution in [1.82, 2.24) is 15.4 Å². The molecule has 3 N–H and O–H groups in total. The Labute approximate surface area is 183 Å². The lowest BCUT2D eigenvalue weighted by Crippen LogP contribution is -2.34. The molecule has 0 aliphatic rings. The molecule has 4 aromatic rings. The number of benzene rings is 3. The number of aromatic nitrogens is 2. The first-order valence-corrected chi connectivity index (χ1v) is 9.86. The van der Waals surface area contributed by atoms with Crippen molar-refractivity contribution in [2.45, 2.75) is 6.92 Å². The van der Waals surface area contributed by atoms with Gasteiger partial charge in [-0.3, -0.25) is 25.8 Å². The Morgan fingerprint density at radius 3 is 2.47 bits per heavy atom. The fourth-order valence-electron chi connectivity index (χ4n) is 3.15. The van der Waals surface area contributed by atoms with E-state index in [0.29, 0.717) is 11.6 Å². The van der Waals surface area contributed by atoms with Gasteiger partial charge in [0.15, 0.2) is 0 Å². The van der Waals surface area contributed by atoms with Gasteiger partial charge in [-0.15, -0.1) is 0 Å². The molecule has 160 valence electrons. The summed E-state index contributed by atoms with van der Waals surface area (Å²) in [7, 11) is 0. The van der Waals surface area contributed by atoms with Crippen LogP contribution in [0.15, 0.2) is 72.8 Å². The van der Waals surface area contributed by atoms with E-state index in [2.05, 4.69) is 26.1 Å². The van der Waals surface area contributed by atoms with Crippen molar-refractivity contribution in [3.63, 3.8) is 0 Å². The van der Waals surface area contributed by atoms with E-state index in [-0.39, 0.29) is 18.1 Å². The van der Waals surface area contributed by atoms with E-state index < -0.39 is 4.92 Å². The van der Waals surface area contributed by atoms with Gasteiger partial charge in [-0.25, -0.2) is 9.97 Å². The van der Waals surface area contributed by atoms with Crippen LogP contribution in [-0.2, 0) is 4.79 Å². The van der Waals surface area contributed by atoms with E-state index in [1.807, 2.05) is 55.5 Å². The van der Waals surface area contributed by atoms with E-state index in [1.165, 1.54) is 24.3 Å². The van der Waals surface area contributed by atoms with E-state index in [9.17, 15) is 14.9 Å². The Morgan fingerprint density at radius 2 is 1.75 bits per heavy atom. The number of fused-ring (bicyclic) bond motifs is 1. The molecule has 1 amide bonds. The van der Waals surface area contributed by atoms with Gasteiger partial charge in [0.2, 0.25) is 5.95 Å². The molecule has 0 atom stereocenters. The van der Waals surface area contributed by atoms with Crippen molar-refractivity contribution in [3.05, 3.63) is 88.5 Å². The van der Waals surface area contributed by atoms with Crippen LogP contribution in [-0.4, -0.2) is 27.3 Å². The van der Waals surface area contributed by atoms with Crippen LogP contribution in [0, 0.1) is 17.0 Å². The maximum atomic E-state index is 12.2. The molecule has 0 aliphatic heterocycles. The second kappa shape index (κ2) is 9.09. The largest absolute Gasteiger partial charge is 0.345 e. The van der Waals surface area contributed by atoms with Gasteiger partial charge in [0, 0.05) is 23.1 Å². The summed E-state index contributed by atoms with van der Waals surface area (Å²) in [6, 6.07) is 21.5. The minimum absolute atomic E-state index is 0.0265. The van der Waals surface area contributed by atoms with Gasteiger partial charge in [0.1, 0.15) is 0 Å². The summed E-state index contributed by atoms with van der Waals surface area (Å²) in [6.45, 7) is 1.95.